The Morgan fingerprint density at radius 2 is 1.76 bits per heavy atom. The molecule has 1 heterocycles. The number of hydrogen-bond acceptors (Lipinski definition) is 5. The van der Waals surface area contributed by atoms with Gasteiger partial charge < -0.3 is 4.90 Å². The van der Waals surface area contributed by atoms with E-state index in [1.54, 1.807) is 47.4 Å². The summed E-state index contributed by atoms with van der Waals surface area (Å²) in [6.45, 7) is 2.47. The molecule has 0 bridgehead atoms. The van der Waals surface area contributed by atoms with Crippen molar-refractivity contribution in [1.29, 1.82) is 0 Å². The number of allylic oxidation sites excluding steroid dienone is 2. The summed E-state index contributed by atoms with van der Waals surface area (Å²) in [6, 6.07) is 11.4. The number of anilines is 2. The van der Waals surface area contributed by atoms with E-state index >= 15 is 0 Å². The number of amides is 1. The van der Waals surface area contributed by atoms with Crippen molar-refractivity contribution >= 4 is 37.1 Å². The first-order valence-electron chi connectivity index (χ1n) is 10.9. The molecule has 0 saturated heterocycles. The van der Waals surface area contributed by atoms with Gasteiger partial charge in [0.2, 0.25) is 10.0 Å². The first-order chi connectivity index (χ1) is 15.6. The van der Waals surface area contributed by atoms with Crippen LogP contribution in [0, 0.1) is 0 Å². The summed E-state index contributed by atoms with van der Waals surface area (Å²) in [6.07, 6.45) is 7.95. The van der Waals surface area contributed by atoms with E-state index in [0.717, 1.165) is 29.0 Å². The van der Waals surface area contributed by atoms with Gasteiger partial charge in [0.05, 0.1) is 28.2 Å². The maximum absolute atomic E-state index is 13.3. The van der Waals surface area contributed by atoms with Crippen molar-refractivity contribution in [3.8, 4) is 0 Å². The fourth-order valence-corrected chi connectivity index (χ4v) is 5.57. The van der Waals surface area contributed by atoms with Crippen LogP contribution in [0.15, 0.2) is 59.5 Å². The Morgan fingerprint density at radius 1 is 1.06 bits per heavy atom. The van der Waals surface area contributed by atoms with E-state index in [1.807, 2.05) is 12.2 Å². The number of sulfonamides is 1. The first-order valence-corrected chi connectivity index (χ1v) is 14.4. The summed E-state index contributed by atoms with van der Waals surface area (Å²) in [5.74, 6) is -0.281. The minimum Gasteiger partial charge on any atom is -0.308 e. The second kappa shape index (κ2) is 10.1. The number of benzene rings is 2. The van der Waals surface area contributed by atoms with Gasteiger partial charge in [-0.05, 0) is 55.2 Å². The van der Waals surface area contributed by atoms with E-state index < -0.39 is 19.9 Å². The zero-order valence-electron chi connectivity index (χ0n) is 19.2. The molecule has 178 valence electrons. The van der Waals surface area contributed by atoms with Gasteiger partial charge in [-0.15, -0.1) is 0 Å². The van der Waals surface area contributed by atoms with Gasteiger partial charge in [0.25, 0.3) is 5.91 Å². The summed E-state index contributed by atoms with van der Waals surface area (Å²) >= 11 is 0. The van der Waals surface area contributed by atoms with Gasteiger partial charge in [-0.1, -0.05) is 37.6 Å². The molecule has 0 atom stereocenters. The predicted octanol–water partition coefficient (Wildman–Crippen LogP) is 3.81. The van der Waals surface area contributed by atoms with E-state index in [-0.39, 0.29) is 22.1 Å². The Kier molecular flexibility index (Phi) is 7.64. The maximum atomic E-state index is 13.3. The van der Waals surface area contributed by atoms with Crippen molar-refractivity contribution in [3.05, 3.63) is 65.7 Å². The van der Waals surface area contributed by atoms with Gasteiger partial charge in [-0.3, -0.25) is 9.10 Å². The number of carbonyl (C=O) groups excluding carboxylic acids is 1. The molecule has 0 aliphatic carbocycles. The van der Waals surface area contributed by atoms with Crippen molar-refractivity contribution in [3.63, 3.8) is 0 Å². The van der Waals surface area contributed by atoms with E-state index in [9.17, 15) is 21.6 Å². The highest BCUT2D eigenvalue weighted by molar-refractivity contribution is 7.92. The molecular formula is C24H30N2O5S2. The molecule has 0 aromatic heterocycles. The van der Waals surface area contributed by atoms with Gasteiger partial charge in [0.15, 0.2) is 9.84 Å². The van der Waals surface area contributed by atoms with Gasteiger partial charge in [-0.2, -0.15) is 0 Å². The smallest absolute Gasteiger partial charge is 0.260 e. The standard InChI is InChI=1S/C24H30N2O5S2/c1-4-5-6-7-10-17-33(30,31)20-13-14-22-19(18-20)15-16-26(22)24(27)21-11-8-9-12-23(21)25(2)32(3,28)29/h6-9,11-14,18H,4-5,10,15-17H2,1-3H3/b7-6+. The minimum atomic E-state index is -3.54. The number of nitrogens with zero attached hydrogens (tertiary/aromatic N) is 2. The Hall–Kier alpha value is -2.65. The lowest BCUT2D eigenvalue weighted by atomic mass is 10.1. The normalized spacial score (nSPS) is 14.0. The van der Waals surface area contributed by atoms with Gasteiger partial charge in [0.1, 0.15) is 0 Å². The number of hydrogen-bond donors (Lipinski definition) is 0. The molecule has 9 heteroatoms. The summed E-state index contributed by atoms with van der Waals surface area (Å²) in [4.78, 5) is 15.2. The monoisotopic (exact) mass is 490 g/mol. The molecule has 0 fully saturated rings. The van der Waals surface area contributed by atoms with Crippen molar-refractivity contribution in [2.45, 2.75) is 37.5 Å². The molecule has 0 unspecified atom stereocenters. The Morgan fingerprint density at radius 3 is 2.45 bits per heavy atom. The molecule has 0 spiro atoms. The number of rotatable bonds is 9. The van der Waals surface area contributed by atoms with Gasteiger partial charge in [0, 0.05) is 19.3 Å². The van der Waals surface area contributed by atoms with Crippen molar-refractivity contribution in [2.24, 2.45) is 0 Å². The highest BCUT2D eigenvalue weighted by Crippen LogP contribution is 2.33. The van der Waals surface area contributed by atoms with Crippen LogP contribution >= 0.6 is 0 Å². The largest absolute Gasteiger partial charge is 0.308 e. The highest BCUT2D eigenvalue weighted by Gasteiger charge is 2.30. The fourth-order valence-electron chi connectivity index (χ4n) is 3.78. The highest BCUT2D eigenvalue weighted by atomic mass is 32.2. The van der Waals surface area contributed by atoms with Crippen LogP contribution in [0.25, 0.3) is 0 Å². The first kappa shape index (κ1) is 25.0. The van der Waals surface area contributed by atoms with E-state index in [0.29, 0.717) is 30.8 Å². The molecule has 0 saturated carbocycles. The summed E-state index contributed by atoms with van der Waals surface area (Å²) in [5, 5.41) is 0. The van der Waals surface area contributed by atoms with E-state index in [4.69, 9.17) is 0 Å². The van der Waals surface area contributed by atoms with Gasteiger partial charge >= 0.3 is 0 Å². The number of para-hydroxylation sites is 1. The van der Waals surface area contributed by atoms with Crippen molar-refractivity contribution < 1.29 is 21.6 Å². The summed E-state index contributed by atoms with van der Waals surface area (Å²) in [7, 11) is -5.55. The SMILES string of the molecule is CCC/C=C/CCS(=O)(=O)c1ccc2c(c1)CCN2C(=O)c1ccccc1N(C)S(C)(=O)=O. The lowest BCUT2D eigenvalue weighted by molar-refractivity contribution is 0.0990. The molecule has 1 aliphatic heterocycles. The number of unbranched alkanes of at least 4 members (excludes halogenated alkanes) is 1. The molecule has 3 rings (SSSR count). The van der Waals surface area contributed by atoms with Crippen LogP contribution in [0.2, 0.25) is 0 Å². The third kappa shape index (κ3) is 5.65. The molecule has 33 heavy (non-hydrogen) atoms. The molecule has 0 radical (unpaired) electrons. The van der Waals surface area contributed by atoms with Gasteiger partial charge in [-0.25, -0.2) is 16.8 Å². The lowest BCUT2D eigenvalue weighted by Gasteiger charge is -2.23. The summed E-state index contributed by atoms with van der Waals surface area (Å²) < 4.78 is 50.6. The van der Waals surface area contributed by atoms with Crippen LogP contribution in [0.4, 0.5) is 11.4 Å². The topological polar surface area (TPSA) is 91.8 Å². The molecule has 0 N–H and O–H groups in total. The molecule has 1 aliphatic rings. The van der Waals surface area contributed by atoms with Crippen LogP contribution in [0.3, 0.4) is 0 Å². The zero-order valence-corrected chi connectivity index (χ0v) is 20.8. The number of sulfone groups is 1. The zero-order chi connectivity index (χ0) is 24.2. The lowest BCUT2D eigenvalue weighted by Crippen LogP contribution is -2.32. The van der Waals surface area contributed by atoms with Crippen LogP contribution < -0.4 is 9.21 Å². The van der Waals surface area contributed by atoms with Crippen LogP contribution in [-0.4, -0.2) is 48.3 Å². The molecule has 2 aromatic rings. The summed E-state index contributed by atoms with van der Waals surface area (Å²) in [5.41, 5.74) is 2.01. The molecule has 2 aromatic carbocycles. The van der Waals surface area contributed by atoms with Crippen molar-refractivity contribution in [2.75, 3.05) is 34.8 Å². The quantitative estimate of drug-likeness (QED) is 0.499. The second-order valence-electron chi connectivity index (χ2n) is 8.11. The Balaban J connectivity index is 1.84. The Bertz CT molecular complexity index is 1270. The van der Waals surface area contributed by atoms with E-state index in [1.165, 1.54) is 7.05 Å². The third-order valence-corrected chi connectivity index (χ3v) is 8.63. The fraction of sp³-hybridized carbons (Fsp3) is 0.375. The van der Waals surface area contributed by atoms with Crippen LogP contribution in [-0.2, 0) is 26.3 Å². The molecule has 7 nitrogen and oxygen atoms in total. The average Bonchev–Trinajstić information content (AvgIpc) is 3.20. The third-order valence-electron chi connectivity index (χ3n) is 5.70. The average molecular weight is 491 g/mol. The van der Waals surface area contributed by atoms with E-state index in [2.05, 4.69) is 6.92 Å². The predicted molar refractivity (Wildman–Crippen MR) is 132 cm³/mol. The number of carbonyl (C=O) groups is 1. The second-order valence-corrected chi connectivity index (χ2v) is 12.2. The molecule has 1 amide bonds. The van der Waals surface area contributed by atoms with Crippen LogP contribution in [0.5, 0.6) is 0 Å². The Labute approximate surface area is 196 Å². The van der Waals surface area contributed by atoms with Crippen molar-refractivity contribution in [1.82, 2.24) is 0 Å². The maximum Gasteiger partial charge on any atom is 0.260 e. The number of fused-ring (bicyclic) bond motifs is 1. The minimum absolute atomic E-state index is 0.0415. The van der Waals surface area contributed by atoms with Crippen LogP contribution in [0.1, 0.15) is 42.1 Å². The molecular weight excluding hydrogens is 460 g/mol.